The van der Waals surface area contributed by atoms with Crippen LogP contribution in [0.15, 0.2) is 18.3 Å². The number of unbranched alkanes of at least 4 members (excludes halogenated alkanes) is 1. The fourth-order valence-corrected chi connectivity index (χ4v) is 1.86. The van der Waals surface area contributed by atoms with Crippen LogP contribution in [0.2, 0.25) is 0 Å². The number of pyridine rings is 1. The third kappa shape index (κ3) is 5.22. The lowest BCUT2D eigenvalue weighted by atomic mass is 10.0. The lowest BCUT2D eigenvalue weighted by Crippen LogP contribution is -2.23. The van der Waals surface area contributed by atoms with Crippen LogP contribution >= 0.6 is 0 Å². The van der Waals surface area contributed by atoms with Gasteiger partial charge in [-0.1, -0.05) is 6.92 Å². The van der Waals surface area contributed by atoms with E-state index in [2.05, 4.69) is 16.2 Å². The van der Waals surface area contributed by atoms with E-state index < -0.39 is 11.7 Å². The molecule has 1 N–H and O–H groups in total. The molecule has 1 atom stereocenters. The zero-order chi connectivity index (χ0) is 15.0. The highest BCUT2D eigenvalue weighted by Crippen LogP contribution is 2.29. The number of nitrogens with one attached hydrogen (secondary N) is 1. The van der Waals surface area contributed by atoms with Crippen molar-refractivity contribution in [3.8, 4) is 12.3 Å². The van der Waals surface area contributed by atoms with Crippen LogP contribution in [0.1, 0.15) is 49.9 Å². The minimum Gasteiger partial charge on any atom is -0.309 e. The number of aromatic nitrogens is 1. The molecule has 0 aliphatic carbocycles. The van der Waals surface area contributed by atoms with Crippen LogP contribution in [-0.4, -0.2) is 11.5 Å². The largest absolute Gasteiger partial charge is 0.417 e. The number of terminal acetylenes is 1. The van der Waals surface area contributed by atoms with Gasteiger partial charge in [-0.2, -0.15) is 13.2 Å². The van der Waals surface area contributed by atoms with Crippen LogP contribution in [0.25, 0.3) is 0 Å². The van der Waals surface area contributed by atoms with Gasteiger partial charge in [-0.05, 0) is 37.9 Å². The lowest BCUT2D eigenvalue weighted by molar-refractivity contribution is -0.137. The summed E-state index contributed by atoms with van der Waals surface area (Å²) in [6.07, 6.45) is 4.95. The van der Waals surface area contributed by atoms with Gasteiger partial charge in [-0.25, -0.2) is 0 Å². The van der Waals surface area contributed by atoms with Gasteiger partial charge in [0, 0.05) is 18.7 Å². The minimum atomic E-state index is -4.35. The van der Waals surface area contributed by atoms with E-state index in [-0.39, 0.29) is 6.04 Å². The summed E-state index contributed by atoms with van der Waals surface area (Å²) in [7, 11) is 0. The van der Waals surface area contributed by atoms with Gasteiger partial charge in [-0.3, -0.25) is 4.98 Å². The first-order valence-corrected chi connectivity index (χ1v) is 6.69. The summed E-state index contributed by atoms with van der Waals surface area (Å²) in [6, 6.07) is 2.46. The van der Waals surface area contributed by atoms with Gasteiger partial charge < -0.3 is 5.32 Å². The Morgan fingerprint density at radius 2 is 2.15 bits per heavy atom. The first-order chi connectivity index (χ1) is 9.49. The Hall–Kier alpha value is -1.54. The van der Waals surface area contributed by atoms with E-state index in [1.54, 1.807) is 0 Å². The second-order valence-electron chi connectivity index (χ2n) is 4.57. The molecule has 0 aromatic carbocycles. The average molecular weight is 284 g/mol. The van der Waals surface area contributed by atoms with Crippen molar-refractivity contribution in [1.82, 2.24) is 10.3 Å². The van der Waals surface area contributed by atoms with E-state index in [1.165, 1.54) is 6.07 Å². The maximum atomic E-state index is 12.5. The number of alkyl halides is 3. The highest BCUT2D eigenvalue weighted by atomic mass is 19.4. The van der Waals surface area contributed by atoms with E-state index in [0.717, 1.165) is 38.1 Å². The summed E-state index contributed by atoms with van der Waals surface area (Å²) in [5, 5.41) is 3.29. The molecule has 110 valence electrons. The first-order valence-electron chi connectivity index (χ1n) is 6.69. The zero-order valence-corrected chi connectivity index (χ0v) is 11.5. The maximum Gasteiger partial charge on any atom is 0.417 e. The summed E-state index contributed by atoms with van der Waals surface area (Å²) >= 11 is 0. The average Bonchev–Trinajstić information content (AvgIpc) is 2.42. The van der Waals surface area contributed by atoms with Gasteiger partial charge in [-0.15, -0.1) is 12.3 Å². The van der Waals surface area contributed by atoms with Crippen LogP contribution in [0, 0.1) is 12.3 Å². The van der Waals surface area contributed by atoms with Crippen LogP contribution in [0.4, 0.5) is 13.2 Å². The molecule has 0 saturated heterocycles. The van der Waals surface area contributed by atoms with E-state index in [1.807, 2.05) is 6.92 Å². The number of nitrogens with zero attached hydrogens (tertiary/aromatic N) is 1. The Kier molecular flexibility index (Phi) is 6.53. The van der Waals surface area contributed by atoms with Crippen LogP contribution in [0.3, 0.4) is 0 Å². The summed E-state index contributed by atoms with van der Waals surface area (Å²) < 4.78 is 37.5. The second-order valence-corrected chi connectivity index (χ2v) is 4.57. The molecule has 1 rings (SSSR count). The van der Waals surface area contributed by atoms with Crippen molar-refractivity contribution in [2.24, 2.45) is 0 Å². The molecule has 1 heterocycles. The molecular weight excluding hydrogens is 265 g/mol. The Bertz CT molecular complexity index is 432. The second kappa shape index (κ2) is 7.91. The number of hydrogen-bond acceptors (Lipinski definition) is 2. The van der Waals surface area contributed by atoms with E-state index in [9.17, 15) is 13.2 Å². The Morgan fingerprint density at radius 1 is 1.40 bits per heavy atom. The minimum absolute atomic E-state index is 0.0504. The van der Waals surface area contributed by atoms with Crippen LogP contribution in [0.5, 0.6) is 0 Å². The third-order valence-corrected chi connectivity index (χ3v) is 2.93. The molecule has 0 bridgehead atoms. The molecule has 0 fully saturated rings. The molecule has 0 amide bonds. The quantitative estimate of drug-likeness (QED) is 0.606. The van der Waals surface area contributed by atoms with Gasteiger partial charge >= 0.3 is 6.18 Å². The fourth-order valence-electron chi connectivity index (χ4n) is 1.86. The Labute approximate surface area is 117 Å². The van der Waals surface area contributed by atoms with Crippen molar-refractivity contribution < 1.29 is 13.2 Å². The zero-order valence-electron chi connectivity index (χ0n) is 11.5. The molecule has 0 saturated carbocycles. The molecule has 0 radical (unpaired) electrons. The molecule has 2 nitrogen and oxygen atoms in total. The molecule has 1 unspecified atom stereocenters. The molecule has 1 aromatic heterocycles. The van der Waals surface area contributed by atoms with Crippen molar-refractivity contribution >= 4 is 0 Å². The van der Waals surface area contributed by atoms with Crippen molar-refractivity contribution in [3.63, 3.8) is 0 Å². The van der Waals surface area contributed by atoms with Crippen molar-refractivity contribution in [1.29, 1.82) is 0 Å². The molecular formula is C15H19F3N2. The molecule has 0 aliphatic heterocycles. The van der Waals surface area contributed by atoms with Crippen molar-refractivity contribution in [3.05, 3.63) is 29.6 Å². The highest BCUT2D eigenvalue weighted by Gasteiger charge is 2.30. The van der Waals surface area contributed by atoms with Crippen LogP contribution in [-0.2, 0) is 6.18 Å². The normalized spacial score (nSPS) is 12.9. The Balaban J connectivity index is 2.76. The SMILES string of the molecule is C#CCCCC(NCCC)c1ccc(C(F)(F)F)cn1. The smallest absolute Gasteiger partial charge is 0.309 e. The molecule has 0 aliphatic rings. The fraction of sp³-hybridized carbons (Fsp3) is 0.533. The van der Waals surface area contributed by atoms with Gasteiger partial charge in [0.2, 0.25) is 0 Å². The summed E-state index contributed by atoms with van der Waals surface area (Å²) in [5.41, 5.74) is -0.0948. The maximum absolute atomic E-state index is 12.5. The first kappa shape index (κ1) is 16.5. The monoisotopic (exact) mass is 284 g/mol. The van der Waals surface area contributed by atoms with Gasteiger partial charge in [0.25, 0.3) is 0 Å². The number of halogens is 3. The lowest BCUT2D eigenvalue weighted by Gasteiger charge is -2.18. The van der Waals surface area contributed by atoms with Crippen LogP contribution < -0.4 is 5.32 Å². The van der Waals surface area contributed by atoms with Gasteiger partial charge in [0.15, 0.2) is 0 Å². The standard InChI is InChI=1S/C15H19F3N2/c1-3-5-6-7-13(19-10-4-2)14-9-8-12(11-20-14)15(16,17)18/h1,8-9,11,13,19H,4-7,10H2,2H3. The highest BCUT2D eigenvalue weighted by molar-refractivity contribution is 5.19. The topological polar surface area (TPSA) is 24.9 Å². The summed E-state index contributed by atoms with van der Waals surface area (Å²) in [5.74, 6) is 2.56. The number of rotatable bonds is 7. The predicted octanol–water partition coefficient (Wildman–Crippen LogP) is 3.94. The summed E-state index contributed by atoms with van der Waals surface area (Å²) in [6.45, 7) is 2.83. The van der Waals surface area contributed by atoms with E-state index in [4.69, 9.17) is 6.42 Å². The Morgan fingerprint density at radius 3 is 2.65 bits per heavy atom. The summed E-state index contributed by atoms with van der Waals surface area (Å²) in [4.78, 5) is 3.94. The number of hydrogen-bond donors (Lipinski definition) is 1. The van der Waals surface area contributed by atoms with E-state index in [0.29, 0.717) is 12.1 Å². The van der Waals surface area contributed by atoms with Crippen molar-refractivity contribution in [2.75, 3.05) is 6.54 Å². The third-order valence-electron chi connectivity index (χ3n) is 2.93. The van der Waals surface area contributed by atoms with E-state index >= 15 is 0 Å². The van der Waals surface area contributed by atoms with Gasteiger partial charge in [0.1, 0.15) is 0 Å². The molecule has 1 aromatic rings. The van der Waals surface area contributed by atoms with Gasteiger partial charge in [0.05, 0.1) is 11.3 Å². The molecule has 0 spiro atoms. The van der Waals surface area contributed by atoms with Crippen molar-refractivity contribution in [2.45, 2.75) is 44.8 Å². The molecule has 5 heteroatoms. The predicted molar refractivity (Wildman–Crippen MR) is 73.0 cm³/mol. The molecule has 20 heavy (non-hydrogen) atoms.